The highest BCUT2D eigenvalue weighted by molar-refractivity contribution is 6.28. The first-order valence-corrected chi connectivity index (χ1v) is 6.20. The van der Waals surface area contributed by atoms with E-state index in [1.54, 1.807) is 6.07 Å². The van der Waals surface area contributed by atoms with Gasteiger partial charge in [0.2, 0.25) is 11.1 Å². The van der Waals surface area contributed by atoms with Crippen molar-refractivity contribution >= 4 is 11.6 Å². The maximum atomic E-state index is 13.5. The number of rotatable bonds is 2. The van der Waals surface area contributed by atoms with Crippen LogP contribution in [0, 0.1) is 5.82 Å². The average molecular weight is 281 g/mol. The molecule has 0 aliphatic heterocycles. The van der Waals surface area contributed by atoms with Crippen LogP contribution in [0.4, 0.5) is 4.39 Å². The second kappa shape index (κ2) is 5.13. The van der Waals surface area contributed by atoms with Crippen molar-refractivity contribution in [2.45, 2.75) is 26.2 Å². The van der Waals surface area contributed by atoms with E-state index in [-0.39, 0.29) is 16.6 Å². The minimum atomic E-state index is -0.648. The molecule has 0 aliphatic carbocycles. The lowest BCUT2D eigenvalue weighted by molar-refractivity contribution is 0.418. The number of nitrogens with zero attached hydrogens (tertiary/aromatic N) is 2. The molecule has 1 heterocycles. The maximum absolute atomic E-state index is 13.5. The topological polar surface area (TPSA) is 35.0 Å². The van der Waals surface area contributed by atoms with Gasteiger partial charge in [0.05, 0.1) is 6.20 Å². The standard InChI is InChI=1S/C14H14ClFN2O/c1-14(2,3)9-5-4-6-10(7-9)19-12-11(16)8-17-13(15)18-12/h4-8H,1-3H3. The SMILES string of the molecule is CC(C)(C)c1cccc(Oc2nc(Cl)ncc2F)c1. The Hall–Kier alpha value is -1.68. The predicted octanol–water partition coefficient (Wildman–Crippen LogP) is 4.36. The zero-order valence-electron chi connectivity index (χ0n) is 10.9. The molecule has 0 spiro atoms. The molecule has 0 amide bonds. The highest BCUT2D eigenvalue weighted by Gasteiger charge is 2.15. The molecule has 19 heavy (non-hydrogen) atoms. The molecule has 2 rings (SSSR count). The van der Waals surface area contributed by atoms with Gasteiger partial charge in [-0.3, -0.25) is 0 Å². The lowest BCUT2D eigenvalue weighted by atomic mass is 9.87. The van der Waals surface area contributed by atoms with Crippen LogP contribution in [0.2, 0.25) is 5.28 Å². The number of hydrogen-bond donors (Lipinski definition) is 0. The highest BCUT2D eigenvalue weighted by Crippen LogP contribution is 2.28. The third-order valence-corrected chi connectivity index (χ3v) is 2.78. The minimum absolute atomic E-state index is 0.0127. The van der Waals surface area contributed by atoms with E-state index in [4.69, 9.17) is 16.3 Å². The normalized spacial score (nSPS) is 11.4. The fourth-order valence-corrected chi connectivity index (χ4v) is 1.67. The quantitative estimate of drug-likeness (QED) is 0.767. The van der Waals surface area contributed by atoms with Crippen molar-refractivity contribution in [1.82, 2.24) is 9.97 Å². The van der Waals surface area contributed by atoms with Crippen LogP contribution in [0.25, 0.3) is 0 Å². The fraction of sp³-hybridized carbons (Fsp3) is 0.286. The van der Waals surface area contributed by atoms with E-state index in [0.29, 0.717) is 5.75 Å². The summed E-state index contributed by atoms with van der Waals surface area (Å²) < 4.78 is 18.9. The number of hydrogen-bond acceptors (Lipinski definition) is 3. The maximum Gasteiger partial charge on any atom is 0.260 e. The van der Waals surface area contributed by atoms with E-state index in [2.05, 4.69) is 30.7 Å². The molecule has 0 N–H and O–H groups in total. The van der Waals surface area contributed by atoms with Crippen LogP contribution in [0.5, 0.6) is 11.6 Å². The summed E-state index contributed by atoms with van der Waals surface area (Å²) in [7, 11) is 0. The van der Waals surface area contributed by atoms with Crippen molar-refractivity contribution in [2.24, 2.45) is 0 Å². The van der Waals surface area contributed by atoms with Gasteiger partial charge >= 0.3 is 0 Å². The Morgan fingerprint density at radius 3 is 2.68 bits per heavy atom. The molecule has 5 heteroatoms. The molecule has 0 saturated carbocycles. The van der Waals surface area contributed by atoms with Crippen molar-refractivity contribution in [3.8, 4) is 11.6 Å². The lowest BCUT2D eigenvalue weighted by Gasteiger charge is -2.19. The Morgan fingerprint density at radius 2 is 2.00 bits per heavy atom. The summed E-state index contributed by atoms with van der Waals surface area (Å²) in [6.45, 7) is 6.27. The van der Waals surface area contributed by atoms with Gasteiger partial charge in [0.1, 0.15) is 5.75 Å². The van der Waals surface area contributed by atoms with Gasteiger partial charge in [-0.15, -0.1) is 0 Å². The van der Waals surface area contributed by atoms with Crippen LogP contribution >= 0.6 is 11.6 Å². The molecule has 3 nitrogen and oxygen atoms in total. The van der Waals surface area contributed by atoms with Gasteiger partial charge < -0.3 is 4.74 Å². The van der Waals surface area contributed by atoms with Gasteiger partial charge in [-0.1, -0.05) is 32.9 Å². The van der Waals surface area contributed by atoms with E-state index in [1.165, 1.54) is 0 Å². The Morgan fingerprint density at radius 1 is 1.26 bits per heavy atom. The Labute approximate surface area is 116 Å². The van der Waals surface area contributed by atoms with Gasteiger partial charge in [0.25, 0.3) is 5.88 Å². The molecule has 1 aromatic carbocycles. The molecule has 2 aromatic rings. The van der Waals surface area contributed by atoms with Crippen molar-refractivity contribution in [1.29, 1.82) is 0 Å². The summed E-state index contributed by atoms with van der Waals surface area (Å²) in [5.41, 5.74) is 1.08. The average Bonchev–Trinajstić information content (AvgIpc) is 2.33. The lowest BCUT2D eigenvalue weighted by Crippen LogP contribution is -2.10. The third kappa shape index (κ3) is 3.41. The predicted molar refractivity (Wildman–Crippen MR) is 72.2 cm³/mol. The van der Waals surface area contributed by atoms with E-state index >= 15 is 0 Å². The number of ether oxygens (including phenoxy) is 1. The van der Waals surface area contributed by atoms with Crippen LogP contribution in [-0.2, 0) is 5.41 Å². The molecule has 1 aromatic heterocycles. The van der Waals surface area contributed by atoms with Crippen LogP contribution in [-0.4, -0.2) is 9.97 Å². The van der Waals surface area contributed by atoms with Gasteiger partial charge in [-0.05, 0) is 34.7 Å². The molecule has 0 atom stereocenters. The van der Waals surface area contributed by atoms with Crippen LogP contribution in [0.15, 0.2) is 30.5 Å². The van der Waals surface area contributed by atoms with E-state index < -0.39 is 5.82 Å². The second-order valence-electron chi connectivity index (χ2n) is 5.17. The molecule has 0 bridgehead atoms. The molecular weight excluding hydrogens is 267 g/mol. The van der Waals surface area contributed by atoms with Gasteiger partial charge in [0, 0.05) is 0 Å². The monoisotopic (exact) mass is 280 g/mol. The van der Waals surface area contributed by atoms with E-state index in [1.807, 2.05) is 18.2 Å². The van der Waals surface area contributed by atoms with Gasteiger partial charge in [0.15, 0.2) is 0 Å². The van der Waals surface area contributed by atoms with Crippen molar-refractivity contribution in [3.05, 3.63) is 47.1 Å². The zero-order valence-corrected chi connectivity index (χ0v) is 11.7. The summed E-state index contributed by atoms with van der Waals surface area (Å²) in [4.78, 5) is 7.25. The summed E-state index contributed by atoms with van der Waals surface area (Å²) in [6.07, 6.45) is 0.984. The third-order valence-electron chi connectivity index (χ3n) is 2.60. The zero-order chi connectivity index (χ0) is 14.0. The Balaban J connectivity index is 2.31. The Bertz CT molecular complexity index is 596. The largest absolute Gasteiger partial charge is 0.436 e. The Kier molecular flexibility index (Phi) is 3.71. The van der Waals surface area contributed by atoms with Crippen molar-refractivity contribution < 1.29 is 9.13 Å². The summed E-state index contributed by atoms with van der Waals surface area (Å²) in [5, 5.41) is -0.0524. The van der Waals surface area contributed by atoms with Crippen molar-refractivity contribution in [2.75, 3.05) is 0 Å². The summed E-state index contributed by atoms with van der Waals surface area (Å²) >= 11 is 5.62. The van der Waals surface area contributed by atoms with Crippen LogP contribution in [0.1, 0.15) is 26.3 Å². The molecular formula is C14H14ClFN2O. The molecule has 0 unspecified atom stereocenters. The van der Waals surface area contributed by atoms with Gasteiger partial charge in [-0.25, -0.2) is 4.98 Å². The minimum Gasteiger partial charge on any atom is -0.436 e. The first kappa shape index (κ1) is 13.7. The molecule has 0 saturated heterocycles. The number of benzene rings is 1. The molecule has 100 valence electrons. The first-order chi connectivity index (χ1) is 8.86. The second-order valence-corrected chi connectivity index (χ2v) is 5.51. The first-order valence-electron chi connectivity index (χ1n) is 5.83. The number of halogens is 2. The van der Waals surface area contributed by atoms with E-state index in [0.717, 1.165) is 11.8 Å². The molecule has 0 aliphatic rings. The fourth-order valence-electron chi connectivity index (χ4n) is 1.54. The molecule has 0 radical (unpaired) electrons. The number of aromatic nitrogens is 2. The smallest absolute Gasteiger partial charge is 0.260 e. The summed E-state index contributed by atoms with van der Waals surface area (Å²) in [5.74, 6) is -0.308. The van der Waals surface area contributed by atoms with E-state index in [9.17, 15) is 4.39 Å². The van der Waals surface area contributed by atoms with Crippen molar-refractivity contribution in [3.63, 3.8) is 0 Å². The molecule has 0 fully saturated rings. The highest BCUT2D eigenvalue weighted by atomic mass is 35.5. The van der Waals surface area contributed by atoms with Crippen LogP contribution in [0.3, 0.4) is 0 Å². The van der Waals surface area contributed by atoms with Gasteiger partial charge in [-0.2, -0.15) is 9.37 Å². The van der Waals surface area contributed by atoms with Crippen LogP contribution < -0.4 is 4.74 Å². The summed E-state index contributed by atoms with van der Waals surface area (Å²) in [6, 6.07) is 7.45.